The molecule has 1 aromatic heterocycles. The first kappa shape index (κ1) is 5.59. The van der Waals surface area contributed by atoms with E-state index in [2.05, 4.69) is 28.2 Å². The molecular weight excluding hydrogens is 124 g/mol. The summed E-state index contributed by atoms with van der Waals surface area (Å²) in [5.74, 6) is 1.22. The molecule has 0 spiro atoms. The van der Waals surface area contributed by atoms with Crippen LogP contribution in [0.15, 0.2) is 24.5 Å². The topological polar surface area (TPSA) is 19.0 Å². The number of nitrogens with one attached hydrogen (secondary N) is 1. The number of fused-ring (bicyclic) bond motifs is 1. The first-order valence-corrected chi connectivity index (χ1v) is 3.43. The molecule has 0 amide bonds. The van der Waals surface area contributed by atoms with Crippen LogP contribution in [0.4, 0.5) is 5.82 Å². The molecule has 2 heterocycles. The lowest BCUT2D eigenvalue weighted by Crippen LogP contribution is -2.13. The lowest BCUT2D eigenvalue weighted by Gasteiger charge is -2.17. The predicted octanol–water partition coefficient (Wildman–Crippen LogP) is 1.52. The third kappa shape index (κ3) is 0.652. The number of hydrogen-bond acceptors (Lipinski definition) is 1. The highest BCUT2D eigenvalue weighted by Gasteiger charge is 2.08. The fourth-order valence-corrected chi connectivity index (χ4v) is 1.30. The average molecular weight is 134 g/mol. The Bertz CT molecular complexity index is 260. The minimum Gasteiger partial charge on any atom is -0.348 e. The number of nitrogens with zero attached hydrogens (tertiary/aromatic N) is 1. The second kappa shape index (κ2) is 1.90. The maximum atomic E-state index is 3.18. The van der Waals surface area contributed by atoms with Crippen molar-refractivity contribution >= 4 is 5.82 Å². The summed E-state index contributed by atoms with van der Waals surface area (Å²) in [4.78, 5) is 5.28. The van der Waals surface area contributed by atoms with Gasteiger partial charge in [0.15, 0.2) is 0 Å². The number of H-pyrrole nitrogens is 1. The van der Waals surface area contributed by atoms with E-state index in [0.29, 0.717) is 0 Å². The van der Waals surface area contributed by atoms with Crippen LogP contribution in [-0.4, -0.2) is 12.0 Å². The molecule has 2 nitrogen and oxygen atoms in total. The molecule has 0 aromatic carbocycles. The number of hydrogen-bond donors (Lipinski definition) is 1. The van der Waals surface area contributed by atoms with Crippen molar-refractivity contribution in [1.29, 1.82) is 0 Å². The summed E-state index contributed by atoms with van der Waals surface area (Å²) in [7, 11) is 2.05. The van der Waals surface area contributed by atoms with Crippen molar-refractivity contribution < 1.29 is 0 Å². The molecule has 52 valence electrons. The monoisotopic (exact) mass is 134 g/mol. The van der Waals surface area contributed by atoms with Gasteiger partial charge in [-0.2, -0.15) is 0 Å². The minimum absolute atomic E-state index is 1.06. The van der Waals surface area contributed by atoms with Gasteiger partial charge in [-0.05, 0) is 18.1 Å². The molecule has 1 aliphatic heterocycles. The quantitative estimate of drug-likeness (QED) is 0.570. The van der Waals surface area contributed by atoms with Crippen LogP contribution in [-0.2, 0) is 6.42 Å². The van der Waals surface area contributed by atoms with Gasteiger partial charge in [-0.1, -0.05) is 6.08 Å². The van der Waals surface area contributed by atoms with E-state index in [1.165, 1.54) is 11.4 Å². The molecule has 0 atom stereocenters. The standard InChI is InChI=1S/C8H10N2/c1-10-6-2-3-7-4-5-9-8(7)10/h2,4-6,9H,3H2,1H3. The molecule has 1 aromatic rings. The Hall–Kier alpha value is -1.18. The van der Waals surface area contributed by atoms with E-state index in [9.17, 15) is 0 Å². The van der Waals surface area contributed by atoms with E-state index in [1.807, 2.05) is 13.2 Å². The van der Waals surface area contributed by atoms with Gasteiger partial charge in [-0.3, -0.25) is 0 Å². The lowest BCUT2D eigenvalue weighted by molar-refractivity contribution is 1.07. The molecule has 0 saturated heterocycles. The lowest BCUT2D eigenvalue weighted by atomic mass is 10.2. The second-order valence-electron chi connectivity index (χ2n) is 2.55. The molecule has 1 aliphatic rings. The van der Waals surface area contributed by atoms with E-state index in [4.69, 9.17) is 0 Å². The molecule has 1 N–H and O–H groups in total. The van der Waals surface area contributed by atoms with E-state index >= 15 is 0 Å². The Morgan fingerprint density at radius 3 is 3.30 bits per heavy atom. The highest BCUT2D eigenvalue weighted by Crippen LogP contribution is 2.21. The van der Waals surface area contributed by atoms with Crippen molar-refractivity contribution in [2.75, 3.05) is 11.9 Å². The fraction of sp³-hybridized carbons (Fsp3) is 0.250. The Balaban J connectivity index is 2.48. The third-order valence-electron chi connectivity index (χ3n) is 1.83. The number of aromatic amines is 1. The highest BCUT2D eigenvalue weighted by molar-refractivity contribution is 5.52. The third-order valence-corrected chi connectivity index (χ3v) is 1.83. The van der Waals surface area contributed by atoms with E-state index in [0.717, 1.165) is 6.42 Å². The first-order valence-electron chi connectivity index (χ1n) is 3.43. The van der Waals surface area contributed by atoms with Crippen molar-refractivity contribution in [2.45, 2.75) is 6.42 Å². The van der Waals surface area contributed by atoms with Crippen LogP contribution >= 0.6 is 0 Å². The Morgan fingerprint density at radius 2 is 2.50 bits per heavy atom. The highest BCUT2D eigenvalue weighted by atomic mass is 15.2. The predicted molar refractivity (Wildman–Crippen MR) is 42.0 cm³/mol. The van der Waals surface area contributed by atoms with Crippen molar-refractivity contribution in [2.24, 2.45) is 0 Å². The zero-order chi connectivity index (χ0) is 6.97. The summed E-state index contributed by atoms with van der Waals surface area (Å²) in [6.07, 6.45) is 7.28. The SMILES string of the molecule is CN1C=CCc2cc[nH]c21. The minimum atomic E-state index is 1.06. The van der Waals surface area contributed by atoms with Crippen molar-refractivity contribution in [3.8, 4) is 0 Å². The Labute approximate surface area is 60.2 Å². The normalized spacial score (nSPS) is 15.5. The fourth-order valence-electron chi connectivity index (χ4n) is 1.30. The summed E-state index contributed by atoms with van der Waals surface area (Å²) in [6, 6.07) is 2.12. The summed E-state index contributed by atoms with van der Waals surface area (Å²) in [6.45, 7) is 0. The number of allylic oxidation sites excluding steroid dienone is 1. The van der Waals surface area contributed by atoms with Gasteiger partial charge in [0.05, 0.1) is 0 Å². The maximum Gasteiger partial charge on any atom is 0.113 e. The summed E-state index contributed by atoms with van der Waals surface area (Å²) in [5.41, 5.74) is 1.38. The van der Waals surface area contributed by atoms with Crippen LogP contribution in [0.1, 0.15) is 5.56 Å². The summed E-state index contributed by atoms with van der Waals surface area (Å²) >= 11 is 0. The van der Waals surface area contributed by atoms with E-state index in [1.54, 1.807) is 0 Å². The van der Waals surface area contributed by atoms with Crippen LogP contribution in [0, 0.1) is 0 Å². The first-order chi connectivity index (χ1) is 4.88. The van der Waals surface area contributed by atoms with Gasteiger partial charge in [-0.15, -0.1) is 0 Å². The molecule has 0 bridgehead atoms. The van der Waals surface area contributed by atoms with Gasteiger partial charge in [-0.25, -0.2) is 0 Å². The Kier molecular flexibility index (Phi) is 1.07. The number of rotatable bonds is 0. The van der Waals surface area contributed by atoms with E-state index < -0.39 is 0 Å². The van der Waals surface area contributed by atoms with Crippen molar-refractivity contribution in [3.63, 3.8) is 0 Å². The zero-order valence-electron chi connectivity index (χ0n) is 5.96. The summed E-state index contributed by atoms with van der Waals surface area (Å²) < 4.78 is 0. The van der Waals surface area contributed by atoms with Gasteiger partial charge >= 0.3 is 0 Å². The molecule has 2 heteroatoms. The van der Waals surface area contributed by atoms with Gasteiger partial charge in [0, 0.05) is 19.4 Å². The Morgan fingerprint density at radius 1 is 1.60 bits per heavy atom. The molecule has 0 radical (unpaired) electrons. The van der Waals surface area contributed by atoms with Crippen molar-refractivity contribution in [3.05, 3.63) is 30.1 Å². The molecule has 2 rings (SSSR count). The maximum absolute atomic E-state index is 3.18. The molecule has 0 saturated carbocycles. The molecule has 0 fully saturated rings. The van der Waals surface area contributed by atoms with Crippen molar-refractivity contribution in [1.82, 2.24) is 4.98 Å². The van der Waals surface area contributed by atoms with Crippen LogP contribution in [0.25, 0.3) is 0 Å². The largest absolute Gasteiger partial charge is 0.348 e. The number of aromatic nitrogens is 1. The molecule has 0 unspecified atom stereocenters. The van der Waals surface area contributed by atoms with Crippen LogP contribution in [0.3, 0.4) is 0 Å². The summed E-state index contributed by atoms with van der Waals surface area (Å²) in [5, 5.41) is 0. The van der Waals surface area contributed by atoms with E-state index in [-0.39, 0.29) is 0 Å². The number of anilines is 1. The molecular formula is C8H10N2. The van der Waals surface area contributed by atoms with Crippen LogP contribution in [0.2, 0.25) is 0 Å². The van der Waals surface area contributed by atoms with Gasteiger partial charge in [0.2, 0.25) is 0 Å². The van der Waals surface area contributed by atoms with Crippen LogP contribution in [0.5, 0.6) is 0 Å². The molecule has 0 aliphatic carbocycles. The average Bonchev–Trinajstić information content (AvgIpc) is 2.36. The molecule has 10 heavy (non-hydrogen) atoms. The van der Waals surface area contributed by atoms with Crippen LogP contribution < -0.4 is 4.90 Å². The second-order valence-corrected chi connectivity index (χ2v) is 2.55. The zero-order valence-corrected chi connectivity index (χ0v) is 5.96. The smallest absolute Gasteiger partial charge is 0.113 e. The van der Waals surface area contributed by atoms with Gasteiger partial charge < -0.3 is 9.88 Å². The van der Waals surface area contributed by atoms with Gasteiger partial charge in [0.1, 0.15) is 5.82 Å². The van der Waals surface area contributed by atoms with Gasteiger partial charge in [0.25, 0.3) is 0 Å².